The zero-order valence-corrected chi connectivity index (χ0v) is 19.6. The molecular formula is C23H25F3N4O3S. The molecule has 2 aliphatic heterocycles. The van der Waals surface area contributed by atoms with Crippen LogP contribution in [-0.2, 0) is 6.18 Å². The summed E-state index contributed by atoms with van der Waals surface area (Å²) in [6.07, 6.45) is -2.76. The molecule has 0 saturated heterocycles. The van der Waals surface area contributed by atoms with Gasteiger partial charge in [0, 0.05) is 32.7 Å². The Bertz CT molecular complexity index is 1090. The summed E-state index contributed by atoms with van der Waals surface area (Å²) in [4.78, 5) is 32.5. The summed E-state index contributed by atoms with van der Waals surface area (Å²) in [6, 6.07) is 4.87. The predicted octanol–water partition coefficient (Wildman–Crippen LogP) is 4.57. The molecule has 2 aliphatic rings. The second kappa shape index (κ2) is 9.65. The molecule has 3 heterocycles. The van der Waals surface area contributed by atoms with Gasteiger partial charge in [-0.15, -0.1) is 0 Å². The molecule has 1 aromatic carbocycles. The monoisotopic (exact) mass is 494 g/mol. The molecule has 7 nitrogen and oxygen atoms in total. The molecule has 1 aromatic heterocycles. The van der Waals surface area contributed by atoms with Crippen molar-refractivity contribution in [2.75, 3.05) is 37.6 Å². The summed E-state index contributed by atoms with van der Waals surface area (Å²) in [5.41, 5.74) is 0.752. The highest BCUT2D eigenvalue weighted by molar-refractivity contribution is 7.17. The Hall–Kier alpha value is -3.08. The van der Waals surface area contributed by atoms with E-state index in [0.29, 0.717) is 35.7 Å². The normalized spacial score (nSPS) is 15.8. The van der Waals surface area contributed by atoms with E-state index < -0.39 is 23.7 Å². The number of nitrogens with one attached hydrogen (secondary N) is 1. The Kier molecular flexibility index (Phi) is 6.83. The summed E-state index contributed by atoms with van der Waals surface area (Å²) in [5, 5.41) is 3.76. The first-order chi connectivity index (χ1) is 16.1. The minimum atomic E-state index is -4.59. The van der Waals surface area contributed by atoms with E-state index in [1.807, 2.05) is 4.90 Å². The van der Waals surface area contributed by atoms with Crippen molar-refractivity contribution in [3.63, 3.8) is 0 Å². The zero-order valence-electron chi connectivity index (χ0n) is 18.8. The van der Waals surface area contributed by atoms with E-state index in [9.17, 15) is 22.8 Å². The lowest BCUT2D eigenvalue weighted by atomic mass is 10.1. The number of hydrogen-bond donors (Lipinski definition) is 1. The number of rotatable bonds is 6. The van der Waals surface area contributed by atoms with Crippen molar-refractivity contribution in [2.45, 2.75) is 26.4 Å². The summed E-state index contributed by atoms with van der Waals surface area (Å²) in [7, 11) is 0. The van der Waals surface area contributed by atoms with Gasteiger partial charge < -0.3 is 19.9 Å². The number of carbonyl (C=O) groups excluding carboxylic acids is 2. The van der Waals surface area contributed by atoms with Crippen LogP contribution in [0, 0.1) is 5.92 Å². The minimum Gasteiger partial charge on any atom is -0.397 e. The number of hydrogen-bond acceptors (Lipinski definition) is 6. The molecule has 0 saturated carbocycles. The second-order valence-electron chi connectivity index (χ2n) is 8.73. The Morgan fingerprint density at radius 2 is 1.82 bits per heavy atom. The number of halogens is 3. The van der Waals surface area contributed by atoms with Gasteiger partial charge in [-0.25, -0.2) is 9.78 Å². The van der Waals surface area contributed by atoms with Crippen LogP contribution >= 0.6 is 11.3 Å². The number of benzene rings is 1. The Labute approximate surface area is 199 Å². The van der Waals surface area contributed by atoms with E-state index in [0.717, 1.165) is 23.6 Å². The van der Waals surface area contributed by atoms with Gasteiger partial charge in [0.1, 0.15) is 0 Å². The number of ether oxygens (including phenoxy) is 1. The van der Waals surface area contributed by atoms with Gasteiger partial charge in [0.15, 0.2) is 5.13 Å². The first kappa shape index (κ1) is 24.1. The molecule has 0 fully saturated rings. The summed E-state index contributed by atoms with van der Waals surface area (Å²) in [6.45, 7) is 6.28. The molecule has 0 aliphatic carbocycles. The van der Waals surface area contributed by atoms with E-state index in [1.54, 1.807) is 0 Å². The fraction of sp³-hybridized carbons (Fsp3) is 0.435. The first-order valence-electron chi connectivity index (χ1n) is 10.9. The smallest absolute Gasteiger partial charge is 0.397 e. The Balaban J connectivity index is 1.32. The van der Waals surface area contributed by atoms with E-state index >= 15 is 0 Å². The summed E-state index contributed by atoms with van der Waals surface area (Å²) >= 11 is 1.25. The van der Waals surface area contributed by atoms with Crippen LogP contribution in [0.4, 0.5) is 23.1 Å². The molecule has 11 heteroatoms. The van der Waals surface area contributed by atoms with Crippen LogP contribution in [0.3, 0.4) is 0 Å². The SMILES string of the molecule is CC(C)CCNC(=O)Oc1cnc(N2CC3=C(CN(C(=O)c4ccccc4C(F)(F)F)C3)C2)s1. The molecule has 0 bridgehead atoms. The third kappa shape index (κ3) is 5.35. The van der Waals surface area contributed by atoms with Gasteiger partial charge in [0.2, 0.25) is 5.06 Å². The van der Waals surface area contributed by atoms with Crippen molar-refractivity contribution >= 4 is 28.5 Å². The lowest BCUT2D eigenvalue weighted by Crippen LogP contribution is -2.35. The number of carbonyl (C=O) groups is 2. The Morgan fingerprint density at radius 1 is 1.15 bits per heavy atom. The van der Waals surface area contributed by atoms with Gasteiger partial charge in [-0.3, -0.25) is 4.79 Å². The standard InChI is InChI=1S/C23H25F3N4O3S/c1-14(2)7-8-27-22(32)33-19-9-28-21(34-19)30-12-15-10-29(11-16(15)13-30)20(31)17-5-3-4-6-18(17)23(24,25)26/h3-6,9,14H,7-8,10-13H2,1-2H3,(H,27,32). The van der Waals surface area contributed by atoms with Crippen molar-refractivity contribution in [3.05, 3.63) is 52.7 Å². The number of amides is 2. The van der Waals surface area contributed by atoms with Crippen LogP contribution in [0.1, 0.15) is 36.2 Å². The van der Waals surface area contributed by atoms with Gasteiger partial charge in [-0.05, 0) is 35.6 Å². The molecular weight excluding hydrogens is 469 g/mol. The molecule has 0 atom stereocenters. The average Bonchev–Trinajstić information content (AvgIpc) is 3.47. The van der Waals surface area contributed by atoms with Crippen molar-refractivity contribution in [1.29, 1.82) is 0 Å². The fourth-order valence-corrected chi connectivity index (χ4v) is 4.75. The van der Waals surface area contributed by atoms with Gasteiger partial charge in [0.05, 0.1) is 17.3 Å². The molecule has 2 aromatic rings. The minimum absolute atomic E-state index is 0.282. The van der Waals surface area contributed by atoms with E-state index in [4.69, 9.17) is 4.74 Å². The topological polar surface area (TPSA) is 74.8 Å². The highest BCUT2D eigenvalue weighted by Gasteiger charge is 2.38. The highest BCUT2D eigenvalue weighted by atomic mass is 32.1. The molecule has 1 N–H and O–H groups in total. The van der Waals surface area contributed by atoms with E-state index in [2.05, 4.69) is 24.1 Å². The fourth-order valence-electron chi connectivity index (χ4n) is 3.98. The van der Waals surface area contributed by atoms with Gasteiger partial charge in [0.25, 0.3) is 5.91 Å². The van der Waals surface area contributed by atoms with Crippen molar-refractivity contribution in [1.82, 2.24) is 15.2 Å². The largest absolute Gasteiger partial charge is 0.417 e. The maximum Gasteiger partial charge on any atom is 0.417 e. The number of alkyl halides is 3. The van der Waals surface area contributed by atoms with E-state index in [1.165, 1.54) is 40.6 Å². The number of thiazole rings is 1. The van der Waals surface area contributed by atoms with E-state index in [-0.39, 0.29) is 18.7 Å². The number of anilines is 1. The molecule has 0 spiro atoms. The van der Waals surface area contributed by atoms with Crippen molar-refractivity contribution < 1.29 is 27.5 Å². The third-order valence-corrected chi connectivity index (χ3v) is 6.64. The number of nitrogens with zero attached hydrogens (tertiary/aromatic N) is 3. The van der Waals surface area contributed by atoms with Crippen LogP contribution in [0.25, 0.3) is 0 Å². The van der Waals surface area contributed by atoms with Crippen molar-refractivity contribution in [3.8, 4) is 5.06 Å². The summed E-state index contributed by atoms with van der Waals surface area (Å²) < 4.78 is 45.2. The van der Waals surface area contributed by atoms with Crippen LogP contribution in [0.15, 0.2) is 41.6 Å². The Morgan fingerprint density at radius 3 is 2.47 bits per heavy atom. The highest BCUT2D eigenvalue weighted by Crippen LogP contribution is 2.36. The van der Waals surface area contributed by atoms with Crippen LogP contribution in [-0.4, -0.2) is 54.6 Å². The molecule has 2 amide bonds. The zero-order chi connectivity index (χ0) is 24.5. The van der Waals surface area contributed by atoms with Crippen LogP contribution in [0.5, 0.6) is 5.06 Å². The average molecular weight is 495 g/mol. The lowest BCUT2D eigenvalue weighted by Gasteiger charge is -2.23. The second-order valence-corrected chi connectivity index (χ2v) is 9.70. The van der Waals surface area contributed by atoms with Crippen LogP contribution in [0.2, 0.25) is 0 Å². The lowest BCUT2D eigenvalue weighted by molar-refractivity contribution is -0.138. The maximum absolute atomic E-state index is 13.3. The van der Waals surface area contributed by atoms with Gasteiger partial charge >= 0.3 is 12.3 Å². The summed E-state index contributed by atoms with van der Waals surface area (Å²) in [5.74, 6) is -0.146. The molecule has 34 heavy (non-hydrogen) atoms. The van der Waals surface area contributed by atoms with Crippen LogP contribution < -0.4 is 15.0 Å². The molecule has 182 valence electrons. The van der Waals surface area contributed by atoms with Gasteiger partial charge in [-0.1, -0.05) is 37.3 Å². The third-order valence-electron chi connectivity index (χ3n) is 5.70. The van der Waals surface area contributed by atoms with Gasteiger partial charge in [-0.2, -0.15) is 13.2 Å². The quantitative estimate of drug-likeness (QED) is 0.596. The van der Waals surface area contributed by atoms with Crippen molar-refractivity contribution in [2.24, 2.45) is 5.92 Å². The maximum atomic E-state index is 13.3. The molecule has 0 unspecified atom stereocenters. The first-order valence-corrected chi connectivity index (χ1v) is 11.7. The molecule has 0 radical (unpaired) electrons. The predicted molar refractivity (Wildman–Crippen MR) is 122 cm³/mol. The molecule has 4 rings (SSSR count). The number of aromatic nitrogens is 1.